The Bertz CT molecular complexity index is 1230. The zero-order valence-corrected chi connectivity index (χ0v) is 23.2. The van der Waals surface area contributed by atoms with Gasteiger partial charge in [0, 0.05) is 23.2 Å². The minimum absolute atomic E-state index is 0.0231. The molecular weight excluding hydrogens is 603 g/mol. The van der Waals surface area contributed by atoms with Crippen molar-refractivity contribution in [3.8, 4) is 0 Å². The first-order valence-electron chi connectivity index (χ1n) is 12.1. The molecule has 0 saturated carbocycles. The molecule has 0 spiro atoms. The maximum Gasteiger partial charge on any atom is 0.280 e. The summed E-state index contributed by atoms with van der Waals surface area (Å²) in [6, 6.07) is 18.5. The number of rotatable bonds is 8. The normalized spacial score (nSPS) is 14.9. The van der Waals surface area contributed by atoms with Gasteiger partial charge in [-0.15, -0.1) is 0 Å². The quantitative estimate of drug-likeness (QED) is 0.168. The van der Waals surface area contributed by atoms with Gasteiger partial charge in [0.05, 0.1) is 0 Å². The van der Waals surface area contributed by atoms with Crippen molar-refractivity contribution in [2.75, 3.05) is 30.7 Å². The predicted molar refractivity (Wildman–Crippen MR) is 156 cm³/mol. The van der Waals surface area contributed by atoms with E-state index in [4.69, 9.17) is 23.1 Å². The molecule has 1 fully saturated rings. The standard InChI is InChI=1S/C26H30ClIN8O/c27-22-24(31-14-17-6-8-20(28)9-7-17)34-23(29)21(33-22)25(37)35-26(30)32-15-18-10-12-36(13-11-18)16-19-4-2-1-3-5-19/h1-9,18H,10-16H2,(H3,29,31,34)(H3,30,32,35,37). The topological polar surface area (TPSA) is 135 Å². The number of carbonyl (C=O) groups excluding carboxylic acids is 1. The van der Waals surface area contributed by atoms with Crippen molar-refractivity contribution >= 4 is 57.7 Å². The van der Waals surface area contributed by atoms with Crippen LogP contribution in [0.25, 0.3) is 0 Å². The fourth-order valence-electron chi connectivity index (χ4n) is 4.11. The van der Waals surface area contributed by atoms with Crippen LogP contribution in [-0.4, -0.2) is 46.4 Å². The van der Waals surface area contributed by atoms with Gasteiger partial charge in [0.25, 0.3) is 5.91 Å². The Hall–Kier alpha value is -2.96. The number of hydrogen-bond acceptors (Lipinski definition) is 7. The van der Waals surface area contributed by atoms with Gasteiger partial charge >= 0.3 is 0 Å². The lowest BCUT2D eigenvalue weighted by Gasteiger charge is -2.31. The van der Waals surface area contributed by atoms with Crippen LogP contribution in [0.15, 0.2) is 59.6 Å². The molecule has 1 amide bonds. The summed E-state index contributed by atoms with van der Waals surface area (Å²) >= 11 is 8.51. The van der Waals surface area contributed by atoms with E-state index in [0.717, 1.165) is 41.6 Å². The molecule has 194 valence electrons. The van der Waals surface area contributed by atoms with Crippen molar-refractivity contribution in [1.82, 2.24) is 20.2 Å². The average molecular weight is 633 g/mol. The number of carbonyl (C=O) groups is 1. The number of piperidine rings is 1. The molecular formula is C26H30ClIN8O. The Morgan fingerprint density at radius 1 is 1.08 bits per heavy atom. The molecule has 1 aliphatic heterocycles. The molecule has 3 aromatic rings. The van der Waals surface area contributed by atoms with Gasteiger partial charge in [0.15, 0.2) is 28.4 Å². The number of nitrogens with one attached hydrogen (secondary N) is 2. The second kappa shape index (κ2) is 13.0. The molecule has 4 rings (SSSR count). The first kappa shape index (κ1) is 27.1. The monoisotopic (exact) mass is 632 g/mol. The molecule has 0 unspecified atom stereocenters. The zero-order valence-electron chi connectivity index (χ0n) is 20.3. The molecule has 0 radical (unpaired) electrons. The van der Waals surface area contributed by atoms with E-state index in [2.05, 4.69) is 77.4 Å². The molecule has 0 bridgehead atoms. The summed E-state index contributed by atoms with van der Waals surface area (Å²) in [6.07, 6.45) is 2.06. The molecule has 9 nitrogen and oxygen atoms in total. The number of hydrogen-bond donors (Lipinski definition) is 4. The van der Waals surface area contributed by atoms with Gasteiger partial charge < -0.3 is 16.8 Å². The van der Waals surface area contributed by atoms with E-state index in [0.29, 0.717) is 24.8 Å². The third-order valence-electron chi connectivity index (χ3n) is 6.19. The number of aliphatic imine (C=N–C) groups is 1. The molecule has 11 heteroatoms. The molecule has 0 atom stereocenters. The number of halogens is 2. The van der Waals surface area contributed by atoms with E-state index < -0.39 is 5.91 Å². The predicted octanol–water partition coefficient (Wildman–Crippen LogP) is 3.89. The Labute approximate surface area is 235 Å². The number of aromatic nitrogens is 2. The highest BCUT2D eigenvalue weighted by atomic mass is 127. The highest BCUT2D eigenvalue weighted by Gasteiger charge is 2.20. The molecule has 1 aliphatic rings. The summed E-state index contributed by atoms with van der Waals surface area (Å²) in [5.41, 5.74) is 14.2. The van der Waals surface area contributed by atoms with Crippen molar-refractivity contribution in [3.63, 3.8) is 0 Å². The van der Waals surface area contributed by atoms with Crippen LogP contribution in [0.2, 0.25) is 5.15 Å². The van der Waals surface area contributed by atoms with Crippen LogP contribution < -0.4 is 22.1 Å². The Balaban J connectivity index is 1.26. The highest BCUT2D eigenvalue weighted by molar-refractivity contribution is 14.1. The van der Waals surface area contributed by atoms with Crippen LogP contribution in [-0.2, 0) is 13.1 Å². The van der Waals surface area contributed by atoms with E-state index in [1.807, 2.05) is 30.3 Å². The molecule has 1 saturated heterocycles. The van der Waals surface area contributed by atoms with Crippen molar-refractivity contribution in [2.24, 2.45) is 16.6 Å². The van der Waals surface area contributed by atoms with Crippen LogP contribution in [0.1, 0.15) is 34.5 Å². The molecule has 37 heavy (non-hydrogen) atoms. The first-order chi connectivity index (χ1) is 17.9. The molecule has 2 aromatic carbocycles. The van der Waals surface area contributed by atoms with Crippen molar-refractivity contribution in [1.29, 1.82) is 0 Å². The van der Waals surface area contributed by atoms with Gasteiger partial charge in [-0.1, -0.05) is 54.1 Å². The van der Waals surface area contributed by atoms with E-state index >= 15 is 0 Å². The second-order valence-corrected chi connectivity index (χ2v) is 10.6. The maximum absolute atomic E-state index is 12.7. The minimum atomic E-state index is -0.602. The van der Waals surface area contributed by atoms with Gasteiger partial charge in [-0.05, 0) is 77.7 Å². The number of benzene rings is 2. The molecule has 0 aliphatic carbocycles. The Morgan fingerprint density at radius 3 is 2.49 bits per heavy atom. The highest BCUT2D eigenvalue weighted by Crippen LogP contribution is 2.22. The Kier molecular flexibility index (Phi) is 9.53. The summed E-state index contributed by atoms with van der Waals surface area (Å²) < 4.78 is 1.14. The van der Waals surface area contributed by atoms with Gasteiger partial charge in [-0.3, -0.25) is 20.0 Å². The van der Waals surface area contributed by atoms with Crippen molar-refractivity contribution in [2.45, 2.75) is 25.9 Å². The van der Waals surface area contributed by atoms with E-state index in [-0.39, 0.29) is 22.6 Å². The van der Waals surface area contributed by atoms with Crippen molar-refractivity contribution in [3.05, 3.63) is 80.1 Å². The lowest BCUT2D eigenvalue weighted by molar-refractivity contribution is 0.0972. The fourth-order valence-corrected chi connectivity index (χ4v) is 4.66. The average Bonchev–Trinajstić information content (AvgIpc) is 2.90. The number of nitrogens with zero attached hydrogens (tertiary/aromatic N) is 4. The summed E-state index contributed by atoms with van der Waals surface area (Å²) in [6.45, 7) is 4.02. The Morgan fingerprint density at radius 2 is 1.78 bits per heavy atom. The SMILES string of the molecule is NC(=NCC1CCN(Cc2ccccc2)CC1)NC(=O)c1nc(Cl)c(NCc2ccc(I)cc2)nc1N. The summed E-state index contributed by atoms with van der Waals surface area (Å²) in [7, 11) is 0. The minimum Gasteiger partial charge on any atom is -0.382 e. The molecule has 6 N–H and O–H groups in total. The lowest BCUT2D eigenvalue weighted by Crippen LogP contribution is -2.39. The summed E-state index contributed by atoms with van der Waals surface area (Å²) in [4.78, 5) is 27.8. The third-order valence-corrected chi connectivity index (χ3v) is 7.17. The number of guanidine groups is 1. The number of amides is 1. The van der Waals surface area contributed by atoms with Crippen LogP contribution >= 0.6 is 34.2 Å². The number of nitrogens with two attached hydrogens (primary N) is 2. The van der Waals surface area contributed by atoms with E-state index in [9.17, 15) is 4.79 Å². The van der Waals surface area contributed by atoms with Crippen molar-refractivity contribution < 1.29 is 4.79 Å². The largest absolute Gasteiger partial charge is 0.382 e. The zero-order chi connectivity index (χ0) is 26.2. The second-order valence-electron chi connectivity index (χ2n) is 8.96. The van der Waals surface area contributed by atoms with Crippen LogP contribution in [0, 0.1) is 9.49 Å². The number of likely N-dealkylation sites (tertiary alicyclic amines) is 1. The smallest absolute Gasteiger partial charge is 0.280 e. The third kappa shape index (κ3) is 8.01. The van der Waals surface area contributed by atoms with Gasteiger partial charge in [-0.25, -0.2) is 9.97 Å². The summed E-state index contributed by atoms with van der Waals surface area (Å²) in [5.74, 6) is 0.0882. The number of nitrogen functional groups attached to an aromatic ring is 1. The number of anilines is 2. The molecule has 2 heterocycles. The fraction of sp³-hybridized carbons (Fsp3) is 0.308. The first-order valence-corrected chi connectivity index (χ1v) is 13.5. The van der Waals surface area contributed by atoms with Crippen LogP contribution in [0.3, 0.4) is 0 Å². The van der Waals surface area contributed by atoms with Crippen LogP contribution in [0.4, 0.5) is 11.6 Å². The van der Waals surface area contributed by atoms with Crippen LogP contribution in [0.5, 0.6) is 0 Å². The van der Waals surface area contributed by atoms with E-state index in [1.165, 1.54) is 5.56 Å². The molecule has 1 aromatic heterocycles. The maximum atomic E-state index is 12.7. The lowest BCUT2D eigenvalue weighted by atomic mass is 9.96. The van der Waals surface area contributed by atoms with E-state index in [1.54, 1.807) is 0 Å². The van der Waals surface area contributed by atoms with Gasteiger partial charge in [0.1, 0.15) is 0 Å². The van der Waals surface area contributed by atoms with Gasteiger partial charge in [-0.2, -0.15) is 0 Å². The van der Waals surface area contributed by atoms with Gasteiger partial charge in [0.2, 0.25) is 0 Å². The summed E-state index contributed by atoms with van der Waals surface area (Å²) in [5, 5.41) is 5.69.